The number of hydrogen-bond donors (Lipinski definition) is 1. The molecule has 5 aromatic rings. The topological polar surface area (TPSA) is 81.4 Å². The maximum absolute atomic E-state index is 13.0. The second kappa shape index (κ2) is 8.35. The van der Waals surface area contributed by atoms with E-state index in [1.54, 1.807) is 35.9 Å². The lowest BCUT2D eigenvalue weighted by Gasteiger charge is -2.09. The number of rotatable bonds is 5. The first kappa shape index (κ1) is 20.6. The van der Waals surface area contributed by atoms with Crippen molar-refractivity contribution in [3.05, 3.63) is 83.8 Å². The van der Waals surface area contributed by atoms with Gasteiger partial charge in [0.1, 0.15) is 5.75 Å². The second-order valence-corrected chi connectivity index (χ2v) is 7.75. The van der Waals surface area contributed by atoms with Gasteiger partial charge in [0.25, 0.3) is 5.91 Å². The van der Waals surface area contributed by atoms with Crippen LogP contribution < -0.4 is 10.1 Å². The minimum Gasteiger partial charge on any atom is -0.497 e. The van der Waals surface area contributed by atoms with Gasteiger partial charge in [-0.05, 0) is 53.9 Å². The number of anilines is 1. The molecule has 0 saturated heterocycles. The highest BCUT2D eigenvalue weighted by molar-refractivity contribution is 6.04. The summed E-state index contributed by atoms with van der Waals surface area (Å²) in [6.07, 6.45) is 0.731. The number of ether oxygens (including phenoxy) is 1. The maximum Gasteiger partial charge on any atom is 0.278 e. The average Bonchev–Trinajstić information content (AvgIpc) is 3.23. The van der Waals surface area contributed by atoms with Gasteiger partial charge >= 0.3 is 0 Å². The highest BCUT2D eigenvalue weighted by Crippen LogP contribution is 2.34. The lowest BCUT2D eigenvalue weighted by Crippen LogP contribution is -2.18. The third kappa shape index (κ3) is 3.57. The molecule has 0 aliphatic carbocycles. The van der Waals surface area contributed by atoms with Crippen LogP contribution in [0.1, 0.15) is 28.8 Å². The van der Waals surface area contributed by atoms with Crippen molar-refractivity contribution < 1.29 is 9.53 Å². The van der Waals surface area contributed by atoms with Gasteiger partial charge in [0.05, 0.1) is 24.1 Å². The van der Waals surface area contributed by atoms with Crippen molar-refractivity contribution >= 4 is 28.0 Å². The predicted octanol–water partition coefficient (Wildman–Crippen LogP) is 5.08. The molecule has 0 saturated carbocycles. The molecule has 1 N–H and O–H groups in total. The minimum absolute atomic E-state index is 0.230. The zero-order valence-electron chi connectivity index (χ0n) is 18.7. The SMILES string of the molecule is CCc1nn2c(C)c(C(=O)Nc3ccc(OC)cc3)nnc2c1-c1cccc2ccccc12. The molecule has 3 aromatic carbocycles. The van der Waals surface area contributed by atoms with Gasteiger partial charge in [0.2, 0.25) is 0 Å². The molecule has 0 bridgehead atoms. The van der Waals surface area contributed by atoms with Crippen molar-refractivity contribution in [2.24, 2.45) is 0 Å². The van der Waals surface area contributed by atoms with Crippen LogP contribution in [-0.4, -0.2) is 32.8 Å². The van der Waals surface area contributed by atoms with Crippen LogP contribution in [0.25, 0.3) is 27.5 Å². The Bertz CT molecular complexity index is 1480. The normalized spacial score (nSPS) is 11.1. The van der Waals surface area contributed by atoms with Gasteiger partial charge in [0, 0.05) is 5.69 Å². The average molecular weight is 438 g/mol. The van der Waals surface area contributed by atoms with Crippen molar-refractivity contribution in [3.8, 4) is 16.9 Å². The fourth-order valence-corrected chi connectivity index (χ4v) is 4.09. The van der Waals surface area contributed by atoms with Crippen LogP contribution in [0.15, 0.2) is 66.7 Å². The van der Waals surface area contributed by atoms with E-state index < -0.39 is 0 Å². The Morgan fingerprint density at radius 1 is 1.00 bits per heavy atom. The summed E-state index contributed by atoms with van der Waals surface area (Å²) in [5.41, 5.74) is 5.07. The number of benzene rings is 3. The third-order valence-electron chi connectivity index (χ3n) is 5.80. The van der Waals surface area contributed by atoms with Gasteiger partial charge < -0.3 is 10.1 Å². The molecular formula is C26H23N5O2. The quantitative estimate of drug-likeness (QED) is 0.415. The first-order valence-electron chi connectivity index (χ1n) is 10.8. The number of carbonyl (C=O) groups excluding carboxylic acids is 1. The van der Waals surface area contributed by atoms with Crippen molar-refractivity contribution in [1.29, 1.82) is 0 Å². The standard InChI is InChI=1S/C26H23N5O2/c1-4-22-23(21-11-7-9-17-8-5-6-10-20(17)21)25-29-28-24(16(2)31(25)30-22)26(32)27-18-12-14-19(33-3)15-13-18/h5-15H,4H2,1-3H3,(H,27,32). The van der Waals surface area contributed by atoms with Gasteiger partial charge in [-0.3, -0.25) is 4.79 Å². The van der Waals surface area contributed by atoms with E-state index in [2.05, 4.69) is 46.7 Å². The molecular weight excluding hydrogens is 414 g/mol. The lowest BCUT2D eigenvalue weighted by atomic mass is 9.97. The van der Waals surface area contributed by atoms with E-state index in [9.17, 15) is 4.79 Å². The Hall–Kier alpha value is -4.26. The number of methoxy groups -OCH3 is 1. The van der Waals surface area contributed by atoms with E-state index in [1.807, 2.05) is 25.1 Å². The molecule has 0 fully saturated rings. The van der Waals surface area contributed by atoms with Gasteiger partial charge in [0.15, 0.2) is 11.3 Å². The highest BCUT2D eigenvalue weighted by Gasteiger charge is 2.22. The molecule has 164 valence electrons. The molecule has 7 nitrogen and oxygen atoms in total. The predicted molar refractivity (Wildman–Crippen MR) is 129 cm³/mol. The maximum atomic E-state index is 13.0. The van der Waals surface area contributed by atoms with Crippen molar-refractivity contribution in [2.45, 2.75) is 20.3 Å². The molecule has 2 heterocycles. The van der Waals surface area contributed by atoms with Crippen LogP contribution in [0.3, 0.4) is 0 Å². The van der Waals surface area contributed by atoms with Crippen LogP contribution >= 0.6 is 0 Å². The van der Waals surface area contributed by atoms with Gasteiger partial charge in [-0.25, -0.2) is 4.52 Å². The highest BCUT2D eigenvalue weighted by atomic mass is 16.5. The number of carbonyl (C=O) groups is 1. The Morgan fingerprint density at radius 2 is 1.76 bits per heavy atom. The Labute approximate surface area is 191 Å². The monoisotopic (exact) mass is 437 g/mol. The fourth-order valence-electron chi connectivity index (χ4n) is 4.09. The van der Waals surface area contributed by atoms with E-state index in [4.69, 9.17) is 9.84 Å². The number of fused-ring (bicyclic) bond motifs is 2. The van der Waals surface area contributed by atoms with E-state index in [-0.39, 0.29) is 11.6 Å². The van der Waals surface area contributed by atoms with Crippen LogP contribution in [0.5, 0.6) is 5.75 Å². The van der Waals surface area contributed by atoms with E-state index >= 15 is 0 Å². The van der Waals surface area contributed by atoms with Crippen LogP contribution in [0, 0.1) is 6.92 Å². The molecule has 0 atom stereocenters. The van der Waals surface area contributed by atoms with E-state index in [0.717, 1.165) is 39.8 Å². The van der Waals surface area contributed by atoms with Crippen LogP contribution in [-0.2, 0) is 6.42 Å². The van der Waals surface area contributed by atoms with E-state index in [0.29, 0.717) is 17.0 Å². The van der Waals surface area contributed by atoms with Crippen molar-refractivity contribution in [1.82, 2.24) is 19.8 Å². The zero-order chi connectivity index (χ0) is 22.9. The van der Waals surface area contributed by atoms with E-state index in [1.165, 1.54) is 0 Å². The number of nitrogens with one attached hydrogen (secondary N) is 1. The molecule has 0 spiro atoms. The summed E-state index contributed by atoms with van der Waals surface area (Å²) in [5.74, 6) is 0.377. The van der Waals surface area contributed by atoms with Crippen LogP contribution in [0.4, 0.5) is 5.69 Å². The third-order valence-corrected chi connectivity index (χ3v) is 5.80. The summed E-state index contributed by atoms with van der Waals surface area (Å²) in [6, 6.07) is 21.6. The van der Waals surface area contributed by atoms with Gasteiger partial charge in [-0.15, -0.1) is 10.2 Å². The zero-order valence-corrected chi connectivity index (χ0v) is 18.7. The van der Waals surface area contributed by atoms with Crippen molar-refractivity contribution in [2.75, 3.05) is 12.4 Å². The molecule has 5 rings (SSSR count). The summed E-state index contributed by atoms with van der Waals surface area (Å²) < 4.78 is 6.89. The Kier molecular flexibility index (Phi) is 5.22. The summed E-state index contributed by atoms with van der Waals surface area (Å²) in [5, 5.41) is 18.7. The minimum atomic E-state index is -0.340. The largest absolute Gasteiger partial charge is 0.497 e. The second-order valence-electron chi connectivity index (χ2n) is 7.75. The summed E-state index contributed by atoms with van der Waals surface area (Å²) in [7, 11) is 1.60. The Morgan fingerprint density at radius 3 is 2.52 bits per heavy atom. The smallest absolute Gasteiger partial charge is 0.278 e. The number of aromatic nitrogens is 4. The number of hydrogen-bond acceptors (Lipinski definition) is 5. The van der Waals surface area contributed by atoms with Gasteiger partial charge in [-0.1, -0.05) is 49.4 Å². The lowest BCUT2D eigenvalue weighted by molar-refractivity contribution is 0.102. The Balaban J connectivity index is 1.60. The number of aryl methyl sites for hydroxylation is 2. The first-order chi connectivity index (χ1) is 16.1. The molecule has 33 heavy (non-hydrogen) atoms. The molecule has 0 radical (unpaired) electrons. The summed E-state index contributed by atoms with van der Waals surface area (Å²) in [4.78, 5) is 13.0. The number of amides is 1. The fraction of sp³-hybridized carbons (Fsp3) is 0.154. The molecule has 2 aromatic heterocycles. The van der Waals surface area contributed by atoms with Gasteiger partial charge in [-0.2, -0.15) is 5.10 Å². The summed E-state index contributed by atoms with van der Waals surface area (Å²) in [6.45, 7) is 3.90. The van der Waals surface area contributed by atoms with Crippen LogP contribution in [0.2, 0.25) is 0 Å². The number of nitrogens with zero attached hydrogens (tertiary/aromatic N) is 4. The summed E-state index contributed by atoms with van der Waals surface area (Å²) >= 11 is 0. The first-order valence-corrected chi connectivity index (χ1v) is 10.8. The molecule has 0 aliphatic heterocycles. The molecule has 0 aliphatic rings. The van der Waals surface area contributed by atoms with Crippen molar-refractivity contribution in [3.63, 3.8) is 0 Å². The molecule has 7 heteroatoms. The molecule has 1 amide bonds. The molecule has 0 unspecified atom stereocenters.